The van der Waals surface area contributed by atoms with Crippen LogP contribution in [0.3, 0.4) is 0 Å². The van der Waals surface area contributed by atoms with Crippen molar-refractivity contribution >= 4 is 23.1 Å². The first kappa shape index (κ1) is 13.6. The van der Waals surface area contributed by atoms with Gasteiger partial charge in [-0.3, -0.25) is 4.79 Å². The van der Waals surface area contributed by atoms with Crippen molar-refractivity contribution in [2.75, 3.05) is 6.54 Å². The van der Waals surface area contributed by atoms with Gasteiger partial charge in [0.25, 0.3) is 0 Å². The first-order chi connectivity index (χ1) is 8.15. The predicted molar refractivity (Wildman–Crippen MR) is 70.5 cm³/mol. The van der Waals surface area contributed by atoms with Crippen LogP contribution in [-0.4, -0.2) is 27.4 Å². The molecule has 0 aliphatic carbocycles. The van der Waals surface area contributed by atoms with Gasteiger partial charge >= 0.3 is 0 Å². The Bertz CT molecular complexity index is 364. The van der Waals surface area contributed by atoms with Crippen LogP contribution in [-0.2, 0) is 11.2 Å². The molecule has 0 saturated carbocycles. The quantitative estimate of drug-likeness (QED) is 0.496. The average Bonchev–Trinajstić information content (AvgIpc) is 2.77. The molecule has 1 amide bonds. The molecule has 5 nitrogen and oxygen atoms in total. The summed E-state index contributed by atoms with van der Waals surface area (Å²) in [6, 6.07) is 0. The van der Waals surface area contributed by atoms with Gasteiger partial charge in [0.15, 0.2) is 0 Å². The molecule has 0 fully saturated rings. The lowest BCUT2D eigenvalue weighted by Gasteiger charge is -2.12. The molecule has 0 aliphatic heterocycles. The summed E-state index contributed by atoms with van der Waals surface area (Å²) in [6.45, 7) is 2.50. The summed E-state index contributed by atoms with van der Waals surface area (Å²) in [5.41, 5.74) is 5.49. The number of carbonyl (C=O) groups excluding carboxylic acids is 1. The van der Waals surface area contributed by atoms with E-state index in [2.05, 4.69) is 15.3 Å². The van der Waals surface area contributed by atoms with Crippen LogP contribution in [0.1, 0.15) is 25.6 Å². The van der Waals surface area contributed by atoms with Gasteiger partial charge < -0.3 is 16.0 Å². The van der Waals surface area contributed by atoms with Gasteiger partial charge in [-0.1, -0.05) is 19.1 Å². The fraction of sp³-hybridized carbons (Fsp3) is 0.545. The van der Waals surface area contributed by atoms with Gasteiger partial charge in [0.1, 0.15) is 5.82 Å². The second kappa shape index (κ2) is 7.01. The first-order valence-corrected chi connectivity index (χ1v) is 6.11. The first-order valence-electron chi connectivity index (χ1n) is 5.70. The van der Waals surface area contributed by atoms with E-state index in [4.69, 9.17) is 18.0 Å². The van der Waals surface area contributed by atoms with E-state index >= 15 is 0 Å². The number of rotatable bonds is 7. The number of nitrogens with two attached hydrogens (primary N) is 1. The van der Waals surface area contributed by atoms with E-state index in [0.29, 0.717) is 13.0 Å². The van der Waals surface area contributed by atoms with Crippen LogP contribution in [0, 0.1) is 5.92 Å². The third-order valence-electron chi connectivity index (χ3n) is 2.51. The minimum atomic E-state index is -0.353. The summed E-state index contributed by atoms with van der Waals surface area (Å²) >= 11 is 4.84. The molecule has 1 heterocycles. The number of hydrogen-bond donors (Lipinski definition) is 3. The minimum absolute atomic E-state index is 0.0838. The van der Waals surface area contributed by atoms with Crippen molar-refractivity contribution in [2.45, 2.75) is 26.2 Å². The maximum Gasteiger partial charge on any atom is 0.229 e. The van der Waals surface area contributed by atoms with Gasteiger partial charge in [0.2, 0.25) is 5.91 Å². The highest BCUT2D eigenvalue weighted by molar-refractivity contribution is 7.80. The highest BCUT2D eigenvalue weighted by Gasteiger charge is 2.18. The fourth-order valence-corrected chi connectivity index (χ4v) is 1.81. The number of aromatic nitrogens is 2. The van der Waals surface area contributed by atoms with Crippen molar-refractivity contribution in [1.82, 2.24) is 15.3 Å². The smallest absolute Gasteiger partial charge is 0.229 e. The molecule has 0 bridgehead atoms. The monoisotopic (exact) mass is 254 g/mol. The van der Waals surface area contributed by atoms with E-state index in [0.717, 1.165) is 18.7 Å². The largest absolute Gasteiger partial charge is 0.393 e. The lowest BCUT2D eigenvalue weighted by atomic mass is 10.1. The second-order valence-electron chi connectivity index (χ2n) is 3.79. The van der Waals surface area contributed by atoms with Crippen LogP contribution in [0.4, 0.5) is 0 Å². The van der Waals surface area contributed by atoms with Crippen LogP contribution in [0.25, 0.3) is 0 Å². The summed E-state index contributed by atoms with van der Waals surface area (Å²) in [7, 11) is 0. The molecule has 1 aromatic heterocycles. The predicted octanol–water partition coefficient (Wildman–Crippen LogP) is 0.771. The Morgan fingerprint density at radius 3 is 3.00 bits per heavy atom. The molecule has 94 valence electrons. The Labute approximate surface area is 106 Å². The maximum atomic E-state index is 11.7. The molecule has 17 heavy (non-hydrogen) atoms. The zero-order valence-corrected chi connectivity index (χ0v) is 10.7. The third-order valence-corrected chi connectivity index (χ3v) is 2.80. The van der Waals surface area contributed by atoms with Gasteiger partial charge in [0, 0.05) is 25.4 Å². The standard InChI is InChI=1S/C11H18N4OS/c1-2-8(10(12)17)11(16)15-5-3-4-9-13-6-7-14-9/h6-8H,2-5H2,1H3,(H2,12,17)(H,13,14)(H,15,16). The maximum absolute atomic E-state index is 11.7. The van der Waals surface area contributed by atoms with E-state index in [1.165, 1.54) is 0 Å². The van der Waals surface area contributed by atoms with Gasteiger partial charge in [-0.15, -0.1) is 0 Å². The molecule has 1 unspecified atom stereocenters. The fourth-order valence-electron chi connectivity index (χ4n) is 1.54. The van der Waals surface area contributed by atoms with Crippen LogP contribution in [0.5, 0.6) is 0 Å². The number of nitrogens with zero attached hydrogens (tertiary/aromatic N) is 1. The van der Waals surface area contributed by atoms with Crippen molar-refractivity contribution in [3.8, 4) is 0 Å². The van der Waals surface area contributed by atoms with E-state index in [9.17, 15) is 4.79 Å². The van der Waals surface area contributed by atoms with Crippen LogP contribution in [0.2, 0.25) is 0 Å². The molecule has 1 atom stereocenters. The number of carbonyl (C=O) groups is 1. The molecule has 4 N–H and O–H groups in total. The molecule has 1 aromatic rings. The number of imidazole rings is 1. The lowest BCUT2D eigenvalue weighted by molar-refractivity contribution is -0.123. The summed E-state index contributed by atoms with van der Waals surface area (Å²) in [4.78, 5) is 19.1. The number of nitrogens with one attached hydrogen (secondary N) is 2. The van der Waals surface area contributed by atoms with Crippen LogP contribution < -0.4 is 11.1 Å². The van der Waals surface area contributed by atoms with Crippen LogP contribution in [0.15, 0.2) is 12.4 Å². The van der Waals surface area contributed by atoms with Gasteiger partial charge in [-0.2, -0.15) is 0 Å². The molecule has 6 heteroatoms. The Hall–Kier alpha value is -1.43. The lowest BCUT2D eigenvalue weighted by Crippen LogP contribution is -2.38. The van der Waals surface area contributed by atoms with E-state index in [1.54, 1.807) is 12.4 Å². The average molecular weight is 254 g/mol. The molecule has 0 aromatic carbocycles. The molecule has 0 aliphatic rings. The molecule has 0 saturated heterocycles. The SMILES string of the molecule is CCC(C(=O)NCCCc1ncc[nH]1)C(N)=S. The molecular weight excluding hydrogens is 236 g/mol. The Morgan fingerprint density at radius 1 is 1.71 bits per heavy atom. The third kappa shape index (κ3) is 4.52. The minimum Gasteiger partial charge on any atom is -0.393 e. The normalized spacial score (nSPS) is 12.1. The van der Waals surface area contributed by atoms with E-state index in [-0.39, 0.29) is 16.8 Å². The second-order valence-corrected chi connectivity index (χ2v) is 4.27. The summed E-state index contributed by atoms with van der Waals surface area (Å²) in [6.07, 6.45) is 5.80. The number of amides is 1. The topological polar surface area (TPSA) is 83.8 Å². The Morgan fingerprint density at radius 2 is 2.47 bits per heavy atom. The summed E-state index contributed by atoms with van der Waals surface area (Å²) < 4.78 is 0. The highest BCUT2D eigenvalue weighted by atomic mass is 32.1. The Kier molecular flexibility index (Phi) is 5.62. The molecule has 1 rings (SSSR count). The van der Waals surface area contributed by atoms with Crippen molar-refractivity contribution < 1.29 is 4.79 Å². The zero-order valence-electron chi connectivity index (χ0n) is 9.90. The summed E-state index contributed by atoms with van der Waals surface area (Å²) in [5, 5.41) is 2.83. The Balaban J connectivity index is 2.22. The number of aromatic amines is 1. The highest BCUT2D eigenvalue weighted by Crippen LogP contribution is 2.03. The van der Waals surface area contributed by atoms with Gasteiger partial charge in [-0.25, -0.2) is 4.98 Å². The molecule has 0 radical (unpaired) electrons. The zero-order chi connectivity index (χ0) is 12.7. The van der Waals surface area contributed by atoms with Crippen LogP contribution >= 0.6 is 12.2 Å². The van der Waals surface area contributed by atoms with Crippen molar-refractivity contribution in [3.63, 3.8) is 0 Å². The van der Waals surface area contributed by atoms with E-state index in [1.807, 2.05) is 6.92 Å². The molecule has 0 spiro atoms. The molecular formula is C11H18N4OS. The number of hydrogen-bond acceptors (Lipinski definition) is 3. The van der Waals surface area contributed by atoms with Gasteiger partial charge in [0.05, 0.1) is 10.9 Å². The number of H-pyrrole nitrogens is 1. The summed E-state index contributed by atoms with van der Waals surface area (Å²) in [5.74, 6) is 0.494. The van der Waals surface area contributed by atoms with Gasteiger partial charge in [-0.05, 0) is 12.8 Å². The van der Waals surface area contributed by atoms with Crippen molar-refractivity contribution in [3.05, 3.63) is 18.2 Å². The number of aryl methyl sites for hydroxylation is 1. The van der Waals surface area contributed by atoms with E-state index < -0.39 is 0 Å². The van der Waals surface area contributed by atoms with Crippen molar-refractivity contribution in [1.29, 1.82) is 0 Å². The van der Waals surface area contributed by atoms with Crippen molar-refractivity contribution in [2.24, 2.45) is 11.7 Å². The number of thiocarbonyl (C=S) groups is 1.